The van der Waals surface area contributed by atoms with E-state index in [1.54, 1.807) is 6.92 Å². The molecule has 7 heteroatoms. The Kier molecular flexibility index (Phi) is 7.86. The molecular formula is C9H22N2O4S. The third-order valence-electron chi connectivity index (χ3n) is 2.29. The molecule has 0 radical (unpaired) electrons. The maximum absolute atomic E-state index is 12.0. The highest BCUT2D eigenvalue weighted by Gasteiger charge is 2.27. The quantitative estimate of drug-likeness (QED) is 0.586. The van der Waals surface area contributed by atoms with Gasteiger partial charge < -0.3 is 15.2 Å². The number of nitrogens with two attached hydrogens (primary N) is 1. The molecule has 0 amide bonds. The molecule has 1 unspecified atom stereocenters. The summed E-state index contributed by atoms with van der Waals surface area (Å²) in [7, 11) is -0.277. The second kappa shape index (κ2) is 7.97. The van der Waals surface area contributed by atoms with Crippen LogP contribution in [0.1, 0.15) is 6.92 Å². The Morgan fingerprint density at radius 3 is 1.94 bits per heavy atom. The van der Waals surface area contributed by atoms with Crippen LogP contribution < -0.4 is 5.73 Å². The molecule has 16 heavy (non-hydrogen) atoms. The van der Waals surface area contributed by atoms with Crippen molar-refractivity contribution in [2.45, 2.75) is 12.2 Å². The predicted molar refractivity (Wildman–Crippen MR) is 62.8 cm³/mol. The molecule has 1 atom stereocenters. The van der Waals surface area contributed by atoms with Gasteiger partial charge in [-0.25, -0.2) is 8.42 Å². The van der Waals surface area contributed by atoms with Gasteiger partial charge in [0.2, 0.25) is 10.0 Å². The Labute approximate surface area is 97.7 Å². The van der Waals surface area contributed by atoms with E-state index in [0.29, 0.717) is 26.3 Å². The van der Waals surface area contributed by atoms with E-state index >= 15 is 0 Å². The van der Waals surface area contributed by atoms with Gasteiger partial charge in [-0.2, -0.15) is 4.31 Å². The van der Waals surface area contributed by atoms with Crippen LogP contribution in [0.2, 0.25) is 0 Å². The maximum Gasteiger partial charge on any atom is 0.218 e. The molecule has 0 aliphatic heterocycles. The van der Waals surface area contributed by atoms with Crippen molar-refractivity contribution in [3.63, 3.8) is 0 Å². The van der Waals surface area contributed by atoms with Gasteiger partial charge in [0.15, 0.2) is 0 Å². The summed E-state index contributed by atoms with van der Waals surface area (Å²) in [5.74, 6) is 0. The van der Waals surface area contributed by atoms with E-state index in [1.165, 1.54) is 18.5 Å². The van der Waals surface area contributed by atoms with E-state index in [1.807, 2.05) is 0 Å². The van der Waals surface area contributed by atoms with Crippen LogP contribution in [0.4, 0.5) is 0 Å². The number of methoxy groups -OCH3 is 2. The van der Waals surface area contributed by atoms with Gasteiger partial charge in [0, 0.05) is 33.9 Å². The lowest BCUT2D eigenvalue weighted by atomic mass is 10.5. The summed E-state index contributed by atoms with van der Waals surface area (Å²) in [4.78, 5) is 0. The minimum Gasteiger partial charge on any atom is -0.383 e. The van der Waals surface area contributed by atoms with E-state index in [0.717, 1.165) is 0 Å². The lowest BCUT2D eigenvalue weighted by Crippen LogP contribution is -2.43. The zero-order valence-corrected chi connectivity index (χ0v) is 11.0. The lowest BCUT2D eigenvalue weighted by molar-refractivity contribution is 0.150. The fourth-order valence-electron chi connectivity index (χ4n) is 1.13. The Balaban J connectivity index is 4.58. The monoisotopic (exact) mass is 254 g/mol. The molecule has 0 aromatic carbocycles. The van der Waals surface area contributed by atoms with Gasteiger partial charge in [0.25, 0.3) is 0 Å². The van der Waals surface area contributed by atoms with Crippen molar-refractivity contribution in [2.75, 3.05) is 47.1 Å². The summed E-state index contributed by atoms with van der Waals surface area (Å²) in [6.07, 6.45) is 0. The molecule has 0 aromatic heterocycles. The van der Waals surface area contributed by atoms with Crippen LogP contribution in [0.25, 0.3) is 0 Å². The minimum atomic E-state index is -3.35. The molecule has 6 nitrogen and oxygen atoms in total. The Bertz CT molecular complexity index is 261. The van der Waals surface area contributed by atoms with Crippen LogP contribution in [0, 0.1) is 0 Å². The fraction of sp³-hybridized carbons (Fsp3) is 1.00. The molecule has 0 aromatic rings. The molecule has 98 valence electrons. The highest BCUT2D eigenvalue weighted by molar-refractivity contribution is 7.89. The van der Waals surface area contributed by atoms with Crippen molar-refractivity contribution >= 4 is 10.0 Å². The van der Waals surface area contributed by atoms with Crippen LogP contribution in [-0.4, -0.2) is 65.0 Å². The van der Waals surface area contributed by atoms with E-state index in [-0.39, 0.29) is 6.54 Å². The van der Waals surface area contributed by atoms with Gasteiger partial charge in [-0.15, -0.1) is 0 Å². The van der Waals surface area contributed by atoms with Crippen LogP contribution in [0.3, 0.4) is 0 Å². The van der Waals surface area contributed by atoms with E-state index in [4.69, 9.17) is 15.2 Å². The number of rotatable bonds is 9. The Morgan fingerprint density at radius 2 is 1.62 bits per heavy atom. The molecule has 0 fully saturated rings. The zero-order chi connectivity index (χ0) is 12.6. The van der Waals surface area contributed by atoms with Crippen molar-refractivity contribution in [1.82, 2.24) is 4.31 Å². The maximum atomic E-state index is 12.0. The van der Waals surface area contributed by atoms with Gasteiger partial charge in [-0.1, -0.05) is 0 Å². The number of ether oxygens (including phenoxy) is 2. The average molecular weight is 254 g/mol. The molecule has 0 heterocycles. The highest BCUT2D eigenvalue weighted by Crippen LogP contribution is 2.07. The van der Waals surface area contributed by atoms with Gasteiger partial charge in [0.1, 0.15) is 0 Å². The first kappa shape index (κ1) is 15.8. The standard InChI is InChI=1S/C9H22N2O4S/c1-9(8-10)16(12,13)11(4-6-14-2)5-7-15-3/h9H,4-8,10H2,1-3H3. The Hall–Kier alpha value is -0.210. The zero-order valence-electron chi connectivity index (χ0n) is 10.2. The van der Waals surface area contributed by atoms with Crippen LogP contribution in [-0.2, 0) is 19.5 Å². The third-order valence-corrected chi connectivity index (χ3v) is 4.58. The smallest absolute Gasteiger partial charge is 0.218 e. The normalized spacial score (nSPS) is 14.3. The first-order chi connectivity index (χ1) is 7.50. The van der Waals surface area contributed by atoms with Crippen molar-refractivity contribution in [3.05, 3.63) is 0 Å². The predicted octanol–water partition coefficient (Wildman–Crippen LogP) is -0.742. The van der Waals surface area contributed by atoms with Crippen LogP contribution >= 0.6 is 0 Å². The van der Waals surface area contributed by atoms with Crippen molar-refractivity contribution < 1.29 is 17.9 Å². The first-order valence-electron chi connectivity index (χ1n) is 5.17. The molecule has 0 bridgehead atoms. The first-order valence-corrected chi connectivity index (χ1v) is 6.67. The van der Waals surface area contributed by atoms with Crippen molar-refractivity contribution in [1.29, 1.82) is 0 Å². The molecule has 0 aliphatic carbocycles. The average Bonchev–Trinajstić information content (AvgIpc) is 2.27. The van der Waals surface area contributed by atoms with Crippen molar-refractivity contribution in [3.8, 4) is 0 Å². The van der Waals surface area contributed by atoms with E-state index in [2.05, 4.69) is 0 Å². The summed E-state index contributed by atoms with van der Waals surface area (Å²) in [6, 6.07) is 0. The molecular weight excluding hydrogens is 232 g/mol. The topological polar surface area (TPSA) is 81.9 Å². The molecule has 0 aliphatic rings. The van der Waals surface area contributed by atoms with E-state index < -0.39 is 15.3 Å². The summed E-state index contributed by atoms with van der Waals surface area (Å²) in [5, 5.41) is -0.582. The lowest BCUT2D eigenvalue weighted by Gasteiger charge is -2.24. The number of sulfonamides is 1. The summed E-state index contributed by atoms with van der Waals surface area (Å²) in [6.45, 7) is 3.08. The molecule has 0 rings (SSSR count). The number of hydrogen-bond donors (Lipinski definition) is 1. The second-order valence-electron chi connectivity index (χ2n) is 3.48. The summed E-state index contributed by atoms with van der Waals surface area (Å²) >= 11 is 0. The van der Waals surface area contributed by atoms with Crippen LogP contribution in [0.5, 0.6) is 0 Å². The fourth-order valence-corrected chi connectivity index (χ4v) is 2.54. The Morgan fingerprint density at radius 1 is 1.19 bits per heavy atom. The van der Waals surface area contributed by atoms with Crippen molar-refractivity contribution in [2.24, 2.45) is 5.73 Å². The number of hydrogen-bond acceptors (Lipinski definition) is 5. The van der Waals surface area contributed by atoms with Gasteiger partial charge in [-0.05, 0) is 6.92 Å². The van der Waals surface area contributed by atoms with Crippen LogP contribution in [0.15, 0.2) is 0 Å². The van der Waals surface area contributed by atoms with E-state index in [9.17, 15) is 8.42 Å². The number of nitrogens with zero attached hydrogens (tertiary/aromatic N) is 1. The van der Waals surface area contributed by atoms with Gasteiger partial charge in [-0.3, -0.25) is 0 Å². The summed E-state index contributed by atoms with van der Waals surface area (Å²) < 4.78 is 35.1. The molecule has 0 saturated heterocycles. The van der Waals surface area contributed by atoms with Gasteiger partial charge in [0.05, 0.1) is 18.5 Å². The SMILES string of the molecule is COCCN(CCOC)S(=O)(=O)C(C)CN. The second-order valence-corrected chi connectivity index (χ2v) is 5.83. The minimum absolute atomic E-state index is 0.110. The largest absolute Gasteiger partial charge is 0.383 e. The summed E-state index contributed by atoms with van der Waals surface area (Å²) in [5.41, 5.74) is 5.38. The molecule has 2 N–H and O–H groups in total. The van der Waals surface area contributed by atoms with Gasteiger partial charge >= 0.3 is 0 Å². The highest BCUT2D eigenvalue weighted by atomic mass is 32.2. The third kappa shape index (κ3) is 4.75. The molecule has 0 spiro atoms. The molecule has 0 saturated carbocycles.